The Balaban J connectivity index is 1.94. The largest absolute Gasteiger partial charge is 0.389 e. The van der Waals surface area contributed by atoms with E-state index < -0.39 is 12.2 Å². The second-order valence-electron chi connectivity index (χ2n) is 5.34. The van der Waals surface area contributed by atoms with Gasteiger partial charge in [-0.25, -0.2) is 0 Å². The van der Waals surface area contributed by atoms with E-state index in [9.17, 15) is 10.2 Å². The summed E-state index contributed by atoms with van der Waals surface area (Å²) in [6.45, 7) is 3.55. The summed E-state index contributed by atoms with van der Waals surface area (Å²) in [7, 11) is 0. The Hall–Kier alpha value is -1.64. The molecule has 0 heterocycles. The first-order valence-electron chi connectivity index (χ1n) is 7.10. The first kappa shape index (κ1) is 14.8. The summed E-state index contributed by atoms with van der Waals surface area (Å²) < 4.78 is 0. The molecule has 106 valence electrons. The molecule has 0 fully saturated rings. The van der Waals surface area contributed by atoms with Crippen LogP contribution in [0.2, 0.25) is 0 Å². The number of hydrogen-bond acceptors (Lipinski definition) is 2. The topological polar surface area (TPSA) is 40.5 Å². The second-order valence-corrected chi connectivity index (χ2v) is 5.34. The van der Waals surface area contributed by atoms with Crippen LogP contribution in [0.1, 0.15) is 48.3 Å². The molecule has 2 nitrogen and oxygen atoms in total. The van der Waals surface area contributed by atoms with E-state index in [-0.39, 0.29) is 0 Å². The third kappa shape index (κ3) is 3.92. The molecule has 2 N–H and O–H groups in total. The highest BCUT2D eigenvalue weighted by Gasteiger charge is 2.02. The van der Waals surface area contributed by atoms with Crippen LogP contribution < -0.4 is 0 Å². The zero-order valence-electron chi connectivity index (χ0n) is 12.1. The Kier molecular flexibility index (Phi) is 4.94. The van der Waals surface area contributed by atoms with Gasteiger partial charge in [-0.05, 0) is 48.9 Å². The molecule has 0 spiro atoms. The highest BCUT2D eigenvalue weighted by atomic mass is 16.3. The van der Waals surface area contributed by atoms with E-state index in [1.165, 1.54) is 11.1 Å². The lowest BCUT2D eigenvalue weighted by atomic mass is 10.0. The summed E-state index contributed by atoms with van der Waals surface area (Å²) in [6, 6.07) is 16.2. The van der Waals surface area contributed by atoms with Crippen LogP contribution in [0.3, 0.4) is 0 Å². The fraction of sp³-hybridized carbons (Fsp3) is 0.333. The Morgan fingerprint density at radius 3 is 1.20 bits per heavy atom. The predicted octanol–water partition coefficient (Wildman–Crippen LogP) is 3.58. The number of hydrogen-bond donors (Lipinski definition) is 2. The minimum Gasteiger partial charge on any atom is -0.389 e. The van der Waals surface area contributed by atoms with Crippen molar-refractivity contribution >= 4 is 0 Å². The van der Waals surface area contributed by atoms with Gasteiger partial charge in [0.25, 0.3) is 0 Å². The van der Waals surface area contributed by atoms with Crippen molar-refractivity contribution in [2.24, 2.45) is 0 Å². The Labute approximate surface area is 120 Å². The lowest BCUT2D eigenvalue weighted by molar-refractivity contribution is 0.199. The third-order valence-electron chi connectivity index (χ3n) is 3.63. The summed E-state index contributed by atoms with van der Waals surface area (Å²) in [5.74, 6) is 0. The molecule has 0 aromatic heterocycles. The smallest absolute Gasteiger partial charge is 0.0761 e. The molecule has 0 aliphatic rings. The molecule has 0 amide bonds. The number of benzene rings is 2. The zero-order chi connectivity index (χ0) is 14.5. The minimum atomic E-state index is -0.405. The molecule has 20 heavy (non-hydrogen) atoms. The van der Waals surface area contributed by atoms with Gasteiger partial charge in [-0.3, -0.25) is 0 Å². The fourth-order valence-electron chi connectivity index (χ4n) is 2.21. The summed E-state index contributed by atoms with van der Waals surface area (Å²) in [5.41, 5.74) is 4.45. The Bertz CT molecular complexity index is 473. The van der Waals surface area contributed by atoms with Gasteiger partial charge in [0.15, 0.2) is 0 Å². The second kappa shape index (κ2) is 6.69. The van der Waals surface area contributed by atoms with Crippen molar-refractivity contribution in [3.63, 3.8) is 0 Å². The summed E-state index contributed by atoms with van der Waals surface area (Å²) in [6.07, 6.45) is 1.15. The zero-order valence-corrected chi connectivity index (χ0v) is 12.1. The molecule has 2 aromatic rings. The van der Waals surface area contributed by atoms with Crippen molar-refractivity contribution in [2.45, 2.75) is 38.9 Å². The van der Waals surface area contributed by atoms with Crippen LogP contribution in [0.15, 0.2) is 48.5 Å². The average molecular weight is 270 g/mol. The van der Waals surface area contributed by atoms with Gasteiger partial charge < -0.3 is 10.2 Å². The van der Waals surface area contributed by atoms with Crippen LogP contribution in [0.5, 0.6) is 0 Å². The molecule has 2 unspecified atom stereocenters. The minimum absolute atomic E-state index is 0.405. The van der Waals surface area contributed by atoms with Crippen molar-refractivity contribution in [3.05, 3.63) is 70.8 Å². The van der Waals surface area contributed by atoms with Crippen LogP contribution >= 0.6 is 0 Å². The Morgan fingerprint density at radius 1 is 0.650 bits per heavy atom. The molecule has 0 bridgehead atoms. The Morgan fingerprint density at radius 2 is 0.950 bits per heavy atom. The third-order valence-corrected chi connectivity index (χ3v) is 3.63. The molecule has 0 saturated heterocycles. The van der Waals surface area contributed by atoms with Gasteiger partial charge in [0.2, 0.25) is 0 Å². The van der Waals surface area contributed by atoms with Gasteiger partial charge in [0.05, 0.1) is 12.2 Å². The van der Waals surface area contributed by atoms with Gasteiger partial charge in [-0.1, -0.05) is 48.5 Å². The maximum absolute atomic E-state index is 9.47. The maximum atomic E-state index is 9.47. The molecule has 2 atom stereocenters. The molecule has 2 rings (SSSR count). The van der Waals surface area contributed by atoms with Gasteiger partial charge in [0.1, 0.15) is 0 Å². The molecule has 0 saturated carbocycles. The molecular weight excluding hydrogens is 248 g/mol. The summed E-state index contributed by atoms with van der Waals surface area (Å²) in [4.78, 5) is 0. The summed E-state index contributed by atoms with van der Waals surface area (Å²) in [5, 5.41) is 18.9. The van der Waals surface area contributed by atoms with E-state index in [2.05, 4.69) is 24.3 Å². The van der Waals surface area contributed by atoms with E-state index in [4.69, 9.17) is 0 Å². The molecule has 0 radical (unpaired) electrons. The number of rotatable bonds is 5. The van der Waals surface area contributed by atoms with Crippen molar-refractivity contribution in [3.8, 4) is 0 Å². The van der Waals surface area contributed by atoms with Crippen molar-refractivity contribution in [1.82, 2.24) is 0 Å². The number of aliphatic hydroxyl groups is 2. The van der Waals surface area contributed by atoms with Gasteiger partial charge in [0, 0.05) is 0 Å². The number of aryl methyl sites for hydroxylation is 2. The fourth-order valence-corrected chi connectivity index (χ4v) is 2.21. The van der Waals surface area contributed by atoms with Crippen LogP contribution in [0.4, 0.5) is 0 Å². The van der Waals surface area contributed by atoms with E-state index in [0.717, 1.165) is 24.0 Å². The van der Waals surface area contributed by atoms with E-state index in [1.807, 2.05) is 24.3 Å². The molecule has 0 aliphatic heterocycles. The van der Waals surface area contributed by atoms with Gasteiger partial charge >= 0.3 is 0 Å². The summed E-state index contributed by atoms with van der Waals surface area (Å²) >= 11 is 0. The normalized spacial score (nSPS) is 14.0. The lowest BCUT2D eigenvalue weighted by Crippen LogP contribution is -1.95. The predicted molar refractivity (Wildman–Crippen MR) is 81.6 cm³/mol. The standard InChI is InChI=1S/C18H22O2/c1-13(19)17-9-5-15(6-10-17)3-4-16-7-11-18(12-8-16)14(2)20/h5-14,19-20H,3-4H2,1-2H3. The van der Waals surface area contributed by atoms with Crippen LogP contribution in [-0.2, 0) is 12.8 Å². The van der Waals surface area contributed by atoms with Crippen LogP contribution in [0, 0.1) is 0 Å². The molecular formula is C18H22O2. The SMILES string of the molecule is CC(O)c1ccc(CCc2ccc(C(C)O)cc2)cc1. The highest BCUT2D eigenvalue weighted by molar-refractivity contribution is 5.27. The first-order valence-corrected chi connectivity index (χ1v) is 7.10. The maximum Gasteiger partial charge on any atom is 0.0761 e. The van der Waals surface area contributed by atoms with Crippen molar-refractivity contribution in [2.75, 3.05) is 0 Å². The molecule has 2 heteroatoms. The molecule has 2 aromatic carbocycles. The quantitative estimate of drug-likeness (QED) is 0.872. The first-order chi connectivity index (χ1) is 9.56. The van der Waals surface area contributed by atoms with Crippen LogP contribution in [-0.4, -0.2) is 10.2 Å². The monoisotopic (exact) mass is 270 g/mol. The van der Waals surface area contributed by atoms with Gasteiger partial charge in [-0.15, -0.1) is 0 Å². The average Bonchev–Trinajstić information content (AvgIpc) is 2.46. The number of aliphatic hydroxyl groups excluding tert-OH is 2. The van der Waals surface area contributed by atoms with Crippen molar-refractivity contribution < 1.29 is 10.2 Å². The van der Waals surface area contributed by atoms with E-state index in [1.54, 1.807) is 13.8 Å². The van der Waals surface area contributed by atoms with E-state index in [0.29, 0.717) is 0 Å². The van der Waals surface area contributed by atoms with Gasteiger partial charge in [-0.2, -0.15) is 0 Å². The molecule has 0 aliphatic carbocycles. The van der Waals surface area contributed by atoms with Crippen molar-refractivity contribution in [1.29, 1.82) is 0 Å². The van der Waals surface area contributed by atoms with E-state index >= 15 is 0 Å². The highest BCUT2D eigenvalue weighted by Crippen LogP contribution is 2.16. The lowest BCUT2D eigenvalue weighted by Gasteiger charge is -2.08. The van der Waals surface area contributed by atoms with Crippen LogP contribution in [0.25, 0.3) is 0 Å².